The van der Waals surface area contributed by atoms with Crippen LogP contribution in [0.15, 0.2) is 30.5 Å². The summed E-state index contributed by atoms with van der Waals surface area (Å²) in [6, 6.07) is 7.76. The maximum absolute atomic E-state index is 12.7. The first-order chi connectivity index (χ1) is 10.7. The Morgan fingerprint density at radius 1 is 1.41 bits per heavy atom. The number of hydrogen-bond acceptors (Lipinski definition) is 4. The number of carbonyl (C=O) groups is 1. The summed E-state index contributed by atoms with van der Waals surface area (Å²) in [5, 5.41) is 4.36. The van der Waals surface area contributed by atoms with Gasteiger partial charge >= 0.3 is 0 Å². The molecule has 0 spiro atoms. The van der Waals surface area contributed by atoms with Gasteiger partial charge in [-0.1, -0.05) is 6.92 Å². The first kappa shape index (κ1) is 15.0. The first-order valence-electron chi connectivity index (χ1n) is 7.84. The van der Waals surface area contributed by atoms with Crippen LogP contribution in [0.5, 0.6) is 5.75 Å². The van der Waals surface area contributed by atoms with Crippen molar-refractivity contribution >= 4 is 16.7 Å². The van der Waals surface area contributed by atoms with E-state index in [-0.39, 0.29) is 5.92 Å². The molecule has 3 rings (SSSR count). The number of carbonyl (C=O) groups excluding carboxylic acids is 1. The van der Waals surface area contributed by atoms with E-state index in [2.05, 4.69) is 17.2 Å². The number of ether oxygens (including phenoxy) is 1. The van der Waals surface area contributed by atoms with Crippen molar-refractivity contribution in [3.8, 4) is 5.75 Å². The van der Waals surface area contributed by atoms with E-state index in [1.54, 1.807) is 13.3 Å². The normalized spacial score (nSPS) is 21.7. The molecule has 0 amide bonds. The van der Waals surface area contributed by atoms with Crippen LogP contribution in [-0.4, -0.2) is 31.0 Å². The van der Waals surface area contributed by atoms with Gasteiger partial charge in [0.05, 0.1) is 12.6 Å². The van der Waals surface area contributed by atoms with Gasteiger partial charge in [-0.3, -0.25) is 9.78 Å². The molecule has 1 aromatic carbocycles. The van der Waals surface area contributed by atoms with Gasteiger partial charge < -0.3 is 10.1 Å². The van der Waals surface area contributed by atoms with Crippen LogP contribution in [0.3, 0.4) is 0 Å². The molecule has 4 heteroatoms. The molecule has 2 unspecified atom stereocenters. The molecule has 1 N–H and O–H groups in total. The maximum Gasteiger partial charge on any atom is 0.140 e. The third kappa shape index (κ3) is 2.97. The molecule has 2 atom stereocenters. The first-order valence-corrected chi connectivity index (χ1v) is 7.84. The number of rotatable bonds is 4. The Balaban J connectivity index is 1.88. The van der Waals surface area contributed by atoms with Crippen LogP contribution in [0.25, 0.3) is 10.9 Å². The molecule has 1 fully saturated rings. The number of fused-ring (bicyclic) bond motifs is 1. The van der Waals surface area contributed by atoms with Crippen LogP contribution in [0.2, 0.25) is 0 Å². The second-order valence-electron chi connectivity index (χ2n) is 6.07. The lowest BCUT2D eigenvalue weighted by molar-refractivity contribution is -0.124. The largest absolute Gasteiger partial charge is 0.497 e. The Hall–Kier alpha value is -1.94. The lowest BCUT2D eigenvalue weighted by Gasteiger charge is -2.28. The molecule has 0 aliphatic carbocycles. The molecule has 1 saturated heterocycles. The summed E-state index contributed by atoms with van der Waals surface area (Å²) in [4.78, 5) is 17.1. The number of hydrogen-bond donors (Lipinski definition) is 1. The van der Waals surface area contributed by atoms with Crippen molar-refractivity contribution in [2.45, 2.75) is 19.8 Å². The molecule has 0 bridgehead atoms. The van der Waals surface area contributed by atoms with Crippen LogP contribution < -0.4 is 10.1 Å². The zero-order valence-corrected chi connectivity index (χ0v) is 13.1. The zero-order chi connectivity index (χ0) is 15.5. The van der Waals surface area contributed by atoms with Crippen molar-refractivity contribution in [1.82, 2.24) is 10.3 Å². The molecular weight excluding hydrogens is 276 g/mol. The number of ketones is 1. The SMILES string of the molecule is COc1ccc2nccc(CC(=O)C3CCNCC3C)c2c1. The molecule has 1 aliphatic heterocycles. The molecule has 0 saturated carbocycles. The fourth-order valence-electron chi connectivity index (χ4n) is 3.27. The Morgan fingerprint density at radius 2 is 2.27 bits per heavy atom. The van der Waals surface area contributed by atoms with Crippen molar-refractivity contribution in [1.29, 1.82) is 0 Å². The van der Waals surface area contributed by atoms with Gasteiger partial charge in [0.1, 0.15) is 11.5 Å². The minimum atomic E-state index is 0.162. The molecule has 4 nitrogen and oxygen atoms in total. The van der Waals surface area contributed by atoms with Gasteiger partial charge in [-0.05, 0) is 55.3 Å². The van der Waals surface area contributed by atoms with E-state index in [0.717, 1.165) is 41.7 Å². The average molecular weight is 298 g/mol. The lowest BCUT2D eigenvalue weighted by Crippen LogP contribution is -2.39. The predicted octanol–water partition coefficient (Wildman–Crippen LogP) is 2.60. The van der Waals surface area contributed by atoms with Crippen LogP contribution in [0, 0.1) is 11.8 Å². The zero-order valence-electron chi connectivity index (χ0n) is 13.1. The smallest absolute Gasteiger partial charge is 0.140 e. The summed E-state index contributed by atoms with van der Waals surface area (Å²) in [5.41, 5.74) is 1.95. The number of methoxy groups -OCH3 is 1. The van der Waals surface area contributed by atoms with Gasteiger partial charge in [0.15, 0.2) is 0 Å². The van der Waals surface area contributed by atoms with E-state index < -0.39 is 0 Å². The summed E-state index contributed by atoms with van der Waals surface area (Å²) in [5.74, 6) is 1.70. The van der Waals surface area contributed by atoms with E-state index in [1.165, 1.54) is 0 Å². The highest BCUT2D eigenvalue weighted by Gasteiger charge is 2.27. The Morgan fingerprint density at radius 3 is 3.05 bits per heavy atom. The van der Waals surface area contributed by atoms with E-state index in [1.807, 2.05) is 24.3 Å². The van der Waals surface area contributed by atoms with Gasteiger partial charge in [-0.25, -0.2) is 0 Å². The highest BCUT2D eigenvalue weighted by molar-refractivity contribution is 5.90. The minimum absolute atomic E-state index is 0.162. The number of aromatic nitrogens is 1. The third-order valence-corrected chi connectivity index (χ3v) is 4.60. The quantitative estimate of drug-likeness (QED) is 0.942. The van der Waals surface area contributed by atoms with E-state index in [9.17, 15) is 4.79 Å². The average Bonchev–Trinajstić information content (AvgIpc) is 2.55. The minimum Gasteiger partial charge on any atom is -0.497 e. The second-order valence-corrected chi connectivity index (χ2v) is 6.07. The van der Waals surface area contributed by atoms with Crippen molar-refractivity contribution in [2.75, 3.05) is 20.2 Å². The lowest BCUT2D eigenvalue weighted by atomic mass is 9.82. The summed E-state index contributed by atoms with van der Waals surface area (Å²) < 4.78 is 5.29. The van der Waals surface area contributed by atoms with Crippen molar-refractivity contribution < 1.29 is 9.53 Å². The van der Waals surface area contributed by atoms with E-state index in [0.29, 0.717) is 18.1 Å². The molecule has 1 aliphatic rings. The molecule has 2 heterocycles. The van der Waals surface area contributed by atoms with Gasteiger partial charge in [0, 0.05) is 23.9 Å². The van der Waals surface area contributed by atoms with Crippen LogP contribution in [0.1, 0.15) is 18.9 Å². The number of piperidine rings is 1. The predicted molar refractivity (Wildman–Crippen MR) is 87.1 cm³/mol. The molecule has 0 radical (unpaired) electrons. The summed E-state index contributed by atoms with van der Waals surface area (Å²) in [7, 11) is 1.65. The number of nitrogens with zero attached hydrogens (tertiary/aromatic N) is 1. The van der Waals surface area contributed by atoms with E-state index >= 15 is 0 Å². The van der Waals surface area contributed by atoms with Gasteiger partial charge in [0.2, 0.25) is 0 Å². The van der Waals surface area contributed by atoms with E-state index in [4.69, 9.17) is 4.74 Å². The summed E-state index contributed by atoms with van der Waals surface area (Å²) in [6.07, 6.45) is 3.19. The van der Waals surface area contributed by atoms with Crippen LogP contribution in [-0.2, 0) is 11.2 Å². The maximum atomic E-state index is 12.7. The summed E-state index contributed by atoms with van der Waals surface area (Å²) in [6.45, 7) is 4.02. The van der Waals surface area contributed by atoms with Crippen molar-refractivity contribution in [3.05, 3.63) is 36.0 Å². The highest BCUT2D eigenvalue weighted by Crippen LogP contribution is 2.26. The number of benzene rings is 1. The number of pyridine rings is 1. The molecule has 22 heavy (non-hydrogen) atoms. The second kappa shape index (κ2) is 6.44. The monoisotopic (exact) mass is 298 g/mol. The molecular formula is C18H22N2O2. The molecule has 116 valence electrons. The van der Waals surface area contributed by atoms with Gasteiger partial charge in [0.25, 0.3) is 0 Å². The Labute approximate surface area is 130 Å². The number of nitrogens with one attached hydrogen (secondary N) is 1. The molecule has 1 aromatic heterocycles. The van der Waals surface area contributed by atoms with Gasteiger partial charge in [-0.15, -0.1) is 0 Å². The summed E-state index contributed by atoms with van der Waals surface area (Å²) >= 11 is 0. The Kier molecular flexibility index (Phi) is 4.39. The standard InChI is InChI=1S/C18H22N2O2/c1-12-11-19-7-6-15(12)18(21)9-13-5-8-20-17-4-3-14(22-2)10-16(13)17/h3-5,8,10,12,15,19H,6-7,9,11H2,1-2H3. The Bertz CT molecular complexity index is 684. The molecule has 2 aromatic rings. The fourth-order valence-corrected chi connectivity index (χ4v) is 3.27. The highest BCUT2D eigenvalue weighted by atomic mass is 16.5. The van der Waals surface area contributed by atoms with Crippen molar-refractivity contribution in [3.63, 3.8) is 0 Å². The van der Waals surface area contributed by atoms with Crippen molar-refractivity contribution in [2.24, 2.45) is 11.8 Å². The third-order valence-electron chi connectivity index (χ3n) is 4.60. The van der Waals surface area contributed by atoms with Crippen LogP contribution >= 0.6 is 0 Å². The number of Topliss-reactive ketones (excluding diaryl/α,β-unsaturated/α-hetero) is 1. The fraction of sp³-hybridized carbons (Fsp3) is 0.444. The van der Waals surface area contributed by atoms with Crippen LogP contribution in [0.4, 0.5) is 0 Å². The topological polar surface area (TPSA) is 51.2 Å². The van der Waals surface area contributed by atoms with Gasteiger partial charge in [-0.2, -0.15) is 0 Å².